The Morgan fingerprint density at radius 2 is 1.68 bits per heavy atom. The number of phenolic OH excluding ortho intramolecular Hbond substituents is 3. The van der Waals surface area contributed by atoms with Gasteiger partial charge in [-0.15, -0.1) is 0 Å². The number of aliphatic hydroxyl groups excluding tert-OH is 3. The highest BCUT2D eigenvalue weighted by molar-refractivity contribution is 6.24. The number of hydrazone groups is 1. The molecule has 4 aliphatic rings. The van der Waals surface area contributed by atoms with Gasteiger partial charge in [0.1, 0.15) is 40.6 Å². The second-order valence-corrected chi connectivity index (χ2v) is 20.3. The molecule has 19 nitrogen and oxygen atoms in total. The van der Waals surface area contributed by atoms with Gasteiger partial charge >= 0.3 is 11.8 Å². The van der Waals surface area contributed by atoms with E-state index >= 15 is 8.78 Å². The zero-order valence-corrected chi connectivity index (χ0v) is 44.8. The van der Waals surface area contributed by atoms with E-state index in [1.54, 1.807) is 47.6 Å². The van der Waals surface area contributed by atoms with Gasteiger partial charge in [0.25, 0.3) is 11.7 Å². The van der Waals surface area contributed by atoms with Crippen LogP contribution in [-0.4, -0.2) is 127 Å². The van der Waals surface area contributed by atoms with E-state index in [0.717, 1.165) is 18.5 Å². The first-order valence-electron chi connectivity index (χ1n) is 25.3. The lowest BCUT2D eigenvalue weighted by molar-refractivity contribution is -0.160. The van der Waals surface area contributed by atoms with E-state index in [4.69, 9.17) is 18.9 Å². The fourth-order valence-electron chi connectivity index (χ4n) is 10.5. The Balaban J connectivity index is 1.33. The third-order valence-corrected chi connectivity index (χ3v) is 15.2. The largest absolute Gasteiger partial charge is 0.508 e. The zero-order valence-electron chi connectivity index (χ0n) is 44.8. The van der Waals surface area contributed by atoms with Crippen molar-refractivity contribution in [2.75, 3.05) is 37.0 Å². The monoisotopic (exact) mass is 1070 g/mol. The topological polar surface area (TPSA) is 262 Å². The van der Waals surface area contributed by atoms with E-state index < -0.39 is 134 Å². The molecule has 4 aliphatic heterocycles. The number of allylic oxidation sites excluding steroid dienone is 2. The minimum absolute atomic E-state index is 0.0103. The number of phenols is 3. The number of benzene rings is 3. The zero-order chi connectivity index (χ0) is 56.9. The normalized spacial score (nSPS) is 28.1. The van der Waals surface area contributed by atoms with Crippen molar-refractivity contribution in [2.24, 2.45) is 28.8 Å². The summed E-state index contributed by atoms with van der Waals surface area (Å²) in [5, 5.41) is 77.2. The van der Waals surface area contributed by atoms with E-state index in [2.05, 4.69) is 17.0 Å². The van der Waals surface area contributed by atoms with Gasteiger partial charge in [0, 0.05) is 87.0 Å². The van der Waals surface area contributed by atoms with Crippen LogP contribution in [0.15, 0.2) is 64.9 Å². The van der Waals surface area contributed by atoms with Crippen LogP contribution in [0.25, 0.3) is 27.4 Å². The molecular weight excluding hydrogens is 1000 g/mol. The van der Waals surface area contributed by atoms with Crippen LogP contribution in [0.2, 0.25) is 0 Å². The molecule has 8 rings (SSSR count). The molecule has 1 fully saturated rings. The first kappa shape index (κ1) is 57.2. The van der Waals surface area contributed by atoms with Crippen molar-refractivity contribution in [3.05, 3.63) is 99.1 Å². The Morgan fingerprint density at radius 3 is 2.30 bits per heavy atom. The van der Waals surface area contributed by atoms with Gasteiger partial charge in [-0.05, 0) is 39.8 Å². The number of aryl methyl sites for hydroxylation is 1. The van der Waals surface area contributed by atoms with Crippen molar-refractivity contribution in [3.8, 4) is 23.0 Å². The number of hydrogen-bond donors (Lipinski definition) is 7. The number of piperazine rings is 1. The number of nitrogens with one attached hydrogen (secondary N) is 1. The maximum Gasteiger partial charge on any atom is 0.312 e. The highest BCUT2D eigenvalue weighted by Crippen LogP contribution is 2.55. The number of aromatic nitrogens is 1. The number of carbonyl (C=O) groups excluding carboxylic acids is 3. The molecule has 77 heavy (non-hydrogen) atoms. The first-order chi connectivity index (χ1) is 36.2. The molecule has 3 aromatic carbocycles. The summed E-state index contributed by atoms with van der Waals surface area (Å²) in [6, 6.07) is 0.322. The lowest BCUT2D eigenvalue weighted by atomic mass is 9.78. The highest BCUT2D eigenvalue weighted by atomic mass is 19.1. The maximum absolute atomic E-state index is 16.5. The maximum atomic E-state index is 16.5. The van der Waals surface area contributed by atoms with Crippen molar-refractivity contribution < 1.29 is 72.8 Å². The number of carbonyl (C=O) groups is 3. The predicted octanol–water partition coefficient (Wildman–Crippen LogP) is 7.44. The molecule has 1 unspecified atom stereocenters. The molecule has 21 heteroatoms. The van der Waals surface area contributed by atoms with Crippen molar-refractivity contribution in [3.63, 3.8) is 0 Å². The second kappa shape index (κ2) is 22.2. The van der Waals surface area contributed by atoms with Gasteiger partial charge in [-0.2, -0.15) is 5.10 Å². The van der Waals surface area contributed by atoms with Gasteiger partial charge in [0.2, 0.25) is 5.43 Å². The van der Waals surface area contributed by atoms with E-state index in [1.165, 1.54) is 73.7 Å². The third kappa shape index (κ3) is 10.4. The molecule has 414 valence electrons. The average molecular weight is 1070 g/mol. The first-order valence-corrected chi connectivity index (χ1v) is 25.3. The number of hydrogen-bond acceptors (Lipinski definition) is 17. The average Bonchev–Trinajstić information content (AvgIpc) is 3.78. The number of aromatic hydroxyl groups is 3. The summed E-state index contributed by atoms with van der Waals surface area (Å²) in [4.78, 5) is 55.9. The molecule has 1 aromatic heterocycles. The number of amides is 1. The number of anilines is 2. The van der Waals surface area contributed by atoms with Crippen LogP contribution in [-0.2, 0) is 30.3 Å². The van der Waals surface area contributed by atoms with Crippen molar-refractivity contribution in [1.82, 2.24) is 9.58 Å². The molecule has 10 atom stereocenters. The summed E-state index contributed by atoms with van der Waals surface area (Å²) in [5.41, 5.74) is -2.56. The Labute approximate surface area is 443 Å². The third-order valence-electron chi connectivity index (χ3n) is 15.2. The Hall–Kier alpha value is -7.49. The Bertz CT molecular complexity index is 3240. The number of rotatable bonds is 7. The van der Waals surface area contributed by atoms with Gasteiger partial charge in [-0.1, -0.05) is 52.5 Å². The highest BCUT2D eigenvalue weighted by Gasteiger charge is 2.50. The summed E-state index contributed by atoms with van der Waals surface area (Å²) in [6.45, 7) is 19.2. The fourth-order valence-corrected chi connectivity index (χ4v) is 10.5. The standard InChI is InChI=1S/C56H67F2N5O14/c1-13-61-24-36(32(9)64)49(69)34-21-37(57)45(42(58)44(34)61)62-18-19-63(27(4)23-62)59-22-35-43-51(71)40-39(50(35)70)41-53(31(8)48(40)68)77-56(11,54(41)72)75-20-17-38(74-12)28(5)52(76-33(10)65)30(7)47(67)29(6)46(66)25(2)15-14-16-26(3)55(73)60-43/h14-17,20-22,24-25,27-30,38,46-47,52,64,66-68,70-71H,9,13,18-19,23H2,1-8,10-12H3,(H,60,73)/b15-14+,20-17+,26-16-,59-22+/t25-,27?,28+,29+,30+,38-,46-,47+,52+,56-/m0/s1. The quantitative estimate of drug-likeness (QED) is 0.0312. The summed E-state index contributed by atoms with van der Waals surface area (Å²) in [7, 11) is 1.40. The van der Waals surface area contributed by atoms with E-state index in [1.807, 2.05) is 0 Å². The molecule has 0 aliphatic carbocycles. The van der Waals surface area contributed by atoms with Crippen LogP contribution in [0.3, 0.4) is 0 Å². The lowest BCUT2D eigenvalue weighted by Gasteiger charge is -2.39. The Morgan fingerprint density at radius 1 is 0.987 bits per heavy atom. The number of nitrogens with zero attached hydrogens (tertiary/aromatic N) is 4. The summed E-state index contributed by atoms with van der Waals surface area (Å²) >= 11 is 0. The molecular formula is C56H67F2N5O14. The van der Waals surface area contributed by atoms with Crippen molar-refractivity contribution in [2.45, 2.75) is 112 Å². The van der Waals surface area contributed by atoms with Gasteiger partial charge in [-0.3, -0.25) is 24.2 Å². The number of fused-ring (bicyclic) bond motifs is 15. The molecule has 0 radical (unpaired) electrons. The van der Waals surface area contributed by atoms with E-state index in [-0.39, 0.29) is 76.0 Å². The molecule has 0 spiro atoms. The van der Waals surface area contributed by atoms with Crippen LogP contribution in [0.1, 0.15) is 89.4 Å². The van der Waals surface area contributed by atoms with Gasteiger partial charge in [0.15, 0.2) is 11.6 Å². The molecule has 5 heterocycles. The number of methoxy groups -OCH3 is 1. The smallest absolute Gasteiger partial charge is 0.312 e. The Kier molecular flexibility index (Phi) is 16.5. The minimum atomic E-state index is -2.16. The fraction of sp³-hybridized carbons (Fsp3) is 0.446. The van der Waals surface area contributed by atoms with Gasteiger partial charge in [0.05, 0.1) is 82.0 Å². The molecule has 0 saturated carbocycles. The number of halogens is 2. The van der Waals surface area contributed by atoms with Crippen molar-refractivity contribution >= 4 is 62.7 Å². The minimum Gasteiger partial charge on any atom is -0.508 e. The number of ether oxygens (including phenoxy) is 4. The van der Waals surface area contributed by atoms with E-state index in [9.17, 15) is 49.8 Å². The predicted molar refractivity (Wildman–Crippen MR) is 285 cm³/mol. The summed E-state index contributed by atoms with van der Waals surface area (Å²) in [6.07, 6.45) is 5.41. The van der Waals surface area contributed by atoms with Crippen LogP contribution < -0.4 is 20.4 Å². The molecule has 5 bridgehead atoms. The van der Waals surface area contributed by atoms with Crippen LogP contribution in [0.4, 0.5) is 20.2 Å². The number of esters is 1. The molecule has 1 amide bonds. The molecule has 1 saturated heterocycles. The molecule has 7 N–H and O–H groups in total. The lowest BCUT2D eigenvalue weighted by Crippen LogP contribution is -2.50. The van der Waals surface area contributed by atoms with E-state index in [0.29, 0.717) is 0 Å². The molecule has 4 aromatic rings. The number of pyridine rings is 1. The number of Topliss-reactive ketones (excluding diaryl/α,β-unsaturated/α-hetero) is 1. The number of ketones is 1. The summed E-state index contributed by atoms with van der Waals surface area (Å²) in [5.74, 6) is -12.0. The SMILES string of the molecule is C=C(O)c1cn(CC)c2c(F)c(N3CCN(/N=C/c4c5c(O)c6c(O)c(C)c7c(c6c4O)C(=O)[C@@](C)(O/C=C/[C@H](OC)[C@@H](C)[C@@H](OC(C)=O)[C@H](C)[C@H](O)[C@H](C)[C@@H](O)[C@@H](C)/C=C/C=C(/C)C(=O)N5)O7)C(C)C3)c(F)cc2c1=O. The van der Waals surface area contributed by atoms with Crippen molar-refractivity contribution in [1.29, 1.82) is 0 Å². The van der Waals surface area contributed by atoms with Gasteiger partial charge < -0.3 is 64.4 Å². The number of aliphatic hydroxyl groups is 3. The second-order valence-electron chi connectivity index (χ2n) is 20.3. The van der Waals surface area contributed by atoms with Crippen LogP contribution >= 0.6 is 0 Å². The van der Waals surface area contributed by atoms with Gasteiger partial charge in [-0.25, -0.2) is 8.78 Å². The van der Waals surface area contributed by atoms with Crippen LogP contribution in [0.5, 0.6) is 23.0 Å². The van der Waals surface area contributed by atoms with Crippen LogP contribution in [0, 0.1) is 42.2 Å². The summed E-state index contributed by atoms with van der Waals surface area (Å²) < 4.78 is 57.6.